The topological polar surface area (TPSA) is 115 Å². The van der Waals surface area contributed by atoms with Crippen LogP contribution in [-0.2, 0) is 9.59 Å². The molecule has 0 aliphatic carbocycles. The molecule has 0 unspecified atom stereocenters. The maximum atomic E-state index is 13.0. The predicted molar refractivity (Wildman–Crippen MR) is 139 cm³/mol. The van der Waals surface area contributed by atoms with Gasteiger partial charge < -0.3 is 14.8 Å². The highest BCUT2D eigenvalue weighted by Gasteiger charge is 2.12. The molecule has 0 saturated heterocycles. The van der Waals surface area contributed by atoms with E-state index in [1.165, 1.54) is 49.4 Å². The minimum Gasteiger partial charge on any atom is -0.493 e. The molecule has 0 aliphatic rings. The van der Waals surface area contributed by atoms with E-state index in [1.807, 2.05) is 19.9 Å². The Balaban J connectivity index is 1.54. The van der Waals surface area contributed by atoms with Crippen molar-refractivity contribution in [2.75, 3.05) is 24.8 Å². The second-order valence-corrected chi connectivity index (χ2v) is 9.18. The van der Waals surface area contributed by atoms with E-state index in [1.54, 1.807) is 12.1 Å². The smallest absolute Gasteiger partial charge is 0.262 e. The summed E-state index contributed by atoms with van der Waals surface area (Å²) in [5.74, 6) is -0.329. The Bertz CT molecular complexity index is 1250. The zero-order valence-corrected chi connectivity index (χ0v) is 22.1. The van der Waals surface area contributed by atoms with Crippen molar-refractivity contribution in [3.63, 3.8) is 0 Å². The van der Waals surface area contributed by atoms with Crippen molar-refractivity contribution in [2.45, 2.75) is 19.0 Å². The molecule has 1 heterocycles. The maximum absolute atomic E-state index is 13.0. The van der Waals surface area contributed by atoms with Gasteiger partial charge in [0.25, 0.3) is 11.8 Å². The quantitative estimate of drug-likeness (QED) is 0.160. The average molecular weight is 576 g/mol. The summed E-state index contributed by atoms with van der Waals surface area (Å²) in [5.41, 5.74) is 5.20. The van der Waals surface area contributed by atoms with Crippen molar-refractivity contribution in [3.05, 3.63) is 69.7 Å². The molecule has 0 bridgehead atoms. The first kappa shape index (κ1) is 27.1. The van der Waals surface area contributed by atoms with E-state index < -0.39 is 11.7 Å². The minimum absolute atomic E-state index is 0.109. The monoisotopic (exact) mass is 575 g/mol. The number of aryl methyl sites for hydroxylation is 2. The molecular weight excluding hydrogens is 553 g/mol. The van der Waals surface area contributed by atoms with Crippen LogP contribution in [-0.4, -0.2) is 47.5 Å². The van der Waals surface area contributed by atoms with E-state index in [-0.39, 0.29) is 18.3 Å². The van der Waals surface area contributed by atoms with Gasteiger partial charge in [-0.1, -0.05) is 11.8 Å². The summed E-state index contributed by atoms with van der Waals surface area (Å²) in [5, 5.41) is 7.13. The lowest BCUT2D eigenvalue weighted by Crippen LogP contribution is -2.20. The van der Waals surface area contributed by atoms with Crippen LogP contribution in [0.25, 0.3) is 0 Å². The Morgan fingerprint density at radius 1 is 1.08 bits per heavy atom. The summed E-state index contributed by atoms with van der Waals surface area (Å²) >= 11 is 4.64. The lowest BCUT2D eigenvalue weighted by Gasteiger charge is -2.13. The fourth-order valence-electron chi connectivity index (χ4n) is 2.89. The molecule has 1 aromatic heterocycles. The Morgan fingerprint density at radius 3 is 2.44 bits per heavy atom. The standard InChI is InChI=1S/C24H23BrFN5O4S/c1-14-8-15(2)29-24(28-14)36-13-23(33)31-27-11-16-9-20(34-3)21(10-19(16)25)35-12-22(32)30-18-6-4-17(26)5-7-18/h4-11H,12-13H2,1-3H3,(H,30,32)(H,31,33)/b27-11-. The van der Waals surface area contributed by atoms with Crippen LogP contribution in [0.2, 0.25) is 0 Å². The van der Waals surface area contributed by atoms with E-state index >= 15 is 0 Å². The highest BCUT2D eigenvalue weighted by molar-refractivity contribution is 9.10. The first-order valence-electron chi connectivity index (χ1n) is 10.6. The number of carbonyl (C=O) groups excluding carboxylic acids is 2. The van der Waals surface area contributed by atoms with Gasteiger partial charge in [-0.15, -0.1) is 0 Å². The number of nitrogens with one attached hydrogen (secondary N) is 2. The number of rotatable bonds is 10. The molecule has 0 fully saturated rings. The highest BCUT2D eigenvalue weighted by atomic mass is 79.9. The minimum atomic E-state index is -0.419. The van der Waals surface area contributed by atoms with E-state index in [2.05, 4.69) is 41.7 Å². The molecule has 0 aliphatic heterocycles. The Morgan fingerprint density at radius 2 is 1.78 bits per heavy atom. The number of aromatic nitrogens is 2. The van der Waals surface area contributed by atoms with Crippen LogP contribution in [0.15, 0.2) is 57.2 Å². The van der Waals surface area contributed by atoms with E-state index in [9.17, 15) is 14.0 Å². The predicted octanol–water partition coefficient (Wildman–Crippen LogP) is 4.26. The summed E-state index contributed by atoms with van der Waals surface area (Å²) < 4.78 is 24.5. The van der Waals surface area contributed by atoms with Crippen molar-refractivity contribution in [1.82, 2.24) is 15.4 Å². The number of ether oxygens (including phenoxy) is 2. The first-order valence-corrected chi connectivity index (χ1v) is 12.3. The summed E-state index contributed by atoms with van der Waals surface area (Å²) in [4.78, 5) is 32.8. The van der Waals surface area contributed by atoms with Crippen LogP contribution >= 0.6 is 27.7 Å². The second-order valence-electron chi connectivity index (χ2n) is 7.38. The molecule has 2 amide bonds. The van der Waals surface area contributed by atoms with Crippen LogP contribution in [0, 0.1) is 19.7 Å². The van der Waals surface area contributed by atoms with Gasteiger partial charge in [0.1, 0.15) is 5.82 Å². The normalized spacial score (nSPS) is 10.8. The van der Waals surface area contributed by atoms with E-state index in [4.69, 9.17) is 9.47 Å². The number of amides is 2. The fraction of sp³-hybridized carbons (Fsp3) is 0.208. The Kier molecular flexibility index (Phi) is 9.77. The van der Waals surface area contributed by atoms with Crippen molar-refractivity contribution in [3.8, 4) is 11.5 Å². The van der Waals surface area contributed by atoms with Crippen molar-refractivity contribution < 1.29 is 23.5 Å². The van der Waals surface area contributed by atoms with Crippen LogP contribution in [0.5, 0.6) is 11.5 Å². The van der Waals surface area contributed by atoms with Crippen molar-refractivity contribution >= 4 is 51.4 Å². The number of hydrogen-bond acceptors (Lipinski definition) is 8. The number of hydrogen-bond donors (Lipinski definition) is 2. The molecule has 36 heavy (non-hydrogen) atoms. The molecular formula is C24H23BrFN5O4S. The van der Waals surface area contributed by atoms with Crippen molar-refractivity contribution in [2.24, 2.45) is 5.10 Å². The van der Waals surface area contributed by atoms with E-state index in [0.29, 0.717) is 32.4 Å². The van der Waals surface area contributed by atoms with Crippen LogP contribution in [0.4, 0.5) is 10.1 Å². The van der Waals surface area contributed by atoms with Crippen LogP contribution < -0.4 is 20.2 Å². The molecule has 0 spiro atoms. The van der Waals surface area contributed by atoms with Crippen LogP contribution in [0.1, 0.15) is 17.0 Å². The SMILES string of the molecule is COc1cc(/C=N\NC(=O)CSc2nc(C)cc(C)n2)c(Br)cc1OCC(=O)Nc1ccc(F)cc1. The molecule has 9 nitrogen and oxygen atoms in total. The van der Waals surface area contributed by atoms with Gasteiger partial charge >= 0.3 is 0 Å². The van der Waals surface area contributed by atoms with Gasteiger partial charge in [-0.05, 0) is 72.2 Å². The zero-order valence-electron chi connectivity index (χ0n) is 19.7. The van der Waals surface area contributed by atoms with Crippen molar-refractivity contribution in [1.29, 1.82) is 0 Å². The molecule has 2 aromatic carbocycles. The fourth-order valence-corrected chi connectivity index (χ4v) is 4.06. The zero-order chi connectivity index (χ0) is 26.1. The molecule has 0 atom stereocenters. The van der Waals surface area contributed by atoms with E-state index in [0.717, 1.165) is 11.4 Å². The average Bonchev–Trinajstić information content (AvgIpc) is 2.83. The number of thioether (sulfide) groups is 1. The van der Waals surface area contributed by atoms with Gasteiger partial charge in [-0.3, -0.25) is 9.59 Å². The van der Waals surface area contributed by atoms with Gasteiger partial charge in [0.05, 0.1) is 19.1 Å². The molecule has 3 aromatic rings. The number of anilines is 1. The third-order valence-corrected chi connectivity index (χ3v) is 5.99. The van der Waals surface area contributed by atoms with Gasteiger partial charge in [0.15, 0.2) is 23.3 Å². The first-order chi connectivity index (χ1) is 17.2. The lowest BCUT2D eigenvalue weighted by atomic mass is 10.2. The van der Waals surface area contributed by atoms with Crippen LogP contribution in [0.3, 0.4) is 0 Å². The second kappa shape index (κ2) is 13.0. The van der Waals surface area contributed by atoms with Gasteiger partial charge in [0, 0.05) is 27.1 Å². The highest BCUT2D eigenvalue weighted by Crippen LogP contribution is 2.33. The number of hydrazone groups is 1. The summed E-state index contributed by atoms with van der Waals surface area (Å²) in [6.45, 7) is 3.45. The Hall–Kier alpha value is -3.51. The lowest BCUT2D eigenvalue weighted by molar-refractivity contribution is -0.119. The summed E-state index contributed by atoms with van der Waals surface area (Å²) in [7, 11) is 1.46. The molecule has 12 heteroatoms. The molecule has 2 N–H and O–H groups in total. The molecule has 188 valence electrons. The number of methoxy groups -OCH3 is 1. The summed E-state index contributed by atoms with van der Waals surface area (Å²) in [6, 6.07) is 10.5. The number of halogens is 2. The Labute approximate surface area is 220 Å². The molecule has 3 rings (SSSR count). The number of carbonyl (C=O) groups is 2. The largest absolute Gasteiger partial charge is 0.493 e. The third kappa shape index (κ3) is 8.31. The van der Waals surface area contributed by atoms with Gasteiger partial charge in [0.2, 0.25) is 0 Å². The number of nitrogens with zero attached hydrogens (tertiary/aromatic N) is 3. The van der Waals surface area contributed by atoms with Gasteiger partial charge in [-0.25, -0.2) is 19.8 Å². The third-order valence-electron chi connectivity index (χ3n) is 4.46. The van der Waals surface area contributed by atoms with Gasteiger partial charge in [-0.2, -0.15) is 5.10 Å². The maximum Gasteiger partial charge on any atom is 0.262 e. The number of benzene rings is 2. The summed E-state index contributed by atoms with van der Waals surface area (Å²) in [6.07, 6.45) is 1.45. The molecule has 0 radical (unpaired) electrons. The molecule has 0 saturated carbocycles.